The first-order valence-electron chi connectivity index (χ1n) is 2.96. The average Bonchev–Trinajstić information content (AvgIpc) is 1.93. The van der Waals surface area contributed by atoms with E-state index in [0.717, 1.165) is 0 Å². The van der Waals surface area contributed by atoms with Crippen molar-refractivity contribution < 1.29 is 5.11 Å². The molecule has 0 fully saturated rings. The molecule has 0 amide bonds. The molecule has 0 radical (unpaired) electrons. The molecule has 0 saturated heterocycles. The lowest BCUT2D eigenvalue weighted by Gasteiger charge is -2.11. The van der Waals surface area contributed by atoms with E-state index in [1.54, 1.807) is 24.7 Å². The van der Waals surface area contributed by atoms with Gasteiger partial charge in [-0.2, -0.15) is 0 Å². The summed E-state index contributed by atoms with van der Waals surface area (Å²) in [5.41, 5.74) is 0.0445. The van der Waals surface area contributed by atoms with Crippen molar-refractivity contribution in [3.8, 4) is 5.75 Å². The Morgan fingerprint density at radius 2 is 2.20 bits per heavy atom. The highest BCUT2D eigenvalue weighted by Gasteiger charge is 1.91. The molecule has 0 atom stereocenters. The van der Waals surface area contributed by atoms with Crippen LogP contribution in [-0.2, 0) is 7.05 Å². The van der Waals surface area contributed by atoms with E-state index < -0.39 is 11.2 Å². The van der Waals surface area contributed by atoms with Crippen molar-refractivity contribution in [1.82, 2.24) is 4.57 Å². The van der Waals surface area contributed by atoms with E-state index >= 15 is 0 Å². The first-order valence-corrected chi connectivity index (χ1v) is 2.96. The van der Waals surface area contributed by atoms with Gasteiger partial charge in [0.05, 0.1) is 0 Å². The molecule has 1 rings (SSSR count). The third-order valence-electron chi connectivity index (χ3n) is 1.53. The van der Waals surface area contributed by atoms with Crippen molar-refractivity contribution in [2.45, 2.75) is 6.92 Å². The topological polar surface area (TPSA) is 45.1 Å². The maximum absolute atomic E-state index is 10.9. The first-order chi connectivity index (χ1) is 4.63. The Balaban J connectivity index is 3.49. The van der Waals surface area contributed by atoms with Crippen LogP contribution < -0.4 is 10.5 Å². The maximum atomic E-state index is 10.9. The summed E-state index contributed by atoms with van der Waals surface area (Å²) in [4.78, 5) is 10.7. The van der Waals surface area contributed by atoms with Gasteiger partial charge in [0.2, 0.25) is 0 Å². The fourth-order valence-electron chi connectivity index (χ4n) is 0.705. The Labute approximate surface area is 58.5 Å². The highest BCUT2D eigenvalue weighted by atomic mass is 16.3. The third-order valence-corrected chi connectivity index (χ3v) is 1.53. The minimum Gasteiger partial charge on any atom is -0.869 e. The minimum absolute atomic E-state index is 0.412. The van der Waals surface area contributed by atoms with Crippen molar-refractivity contribution in [2.75, 3.05) is 0 Å². The van der Waals surface area contributed by atoms with E-state index in [2.05, 4.69) is 0 Å². The average molecular weight is 138 g/mol. The van der Waals surface area contributed by atoms with E-state index in [9.17, 15) is 9.90 Å². The maximum Gasteiger partial charge on any atom is 0.174 e. The summed E-state index contributed by atoms with van der Waals surface area (Å²) in [5.74, 6) is -0.412. The van der Waals surface area contributed by atoms with Crippen LogP contribution >= 0.6 is 0 Å². The fourth-order valence-corrected chi connectivity index (χ4v) is 0.705. The third kappa shape index (κ3) is 0.900. The molecule has 0 saturated carbocycles. The summed E-state index contributed by atoms with van der Waals surface area (Å²) in [6.45, 7) is 1.63. The molecule has 0 unspecified atom stereocenters. The molecule has 0 spiro atoms. The van der Waals surface area contributed by atoms with Gasteiger partial charge in [-0.05, 0) is 12.7 Å². The second kappa shape index (κ2) is 2.17. The quantitative estimate of drug-likeness (QED) is 0.497. The lowest BCUT2D eigenvalue weighted by Crippen LogP contribution is -2.14. The van der Waals surface area contributed by atoms with Gasteiger partial charge in [-0.25, -0.2) is 0 Å². The zero-order chi connectivity index (χ0) is 7.72. The Morgan fingerprint density at radius 1 is 1.60 bits per heavy atom. The second-order valence-corrected chi connectivity index (χ2v) is 2.21. The number of aryl methyl sites for hydroxylation is 1. The highest BCUT2D eigenvalue weighted by molar-refractivity contribution is 5.23. The van der Waals surface area contributed by atoms with Crippen LogP contribution in [0.5, 0.6) is 5.75 Å². The Kier molecular flexibility index (Phi) is 1.49. The summed E-state index contributed by atoms with van der Waals surface area (Å²) in [7, 11) is 1.73. The Morgan fingerprint density at radius 3 is 2.70 bits per heavy atom. The molecule has 1 heterocycles. The number of pyridine rings is 1. The molecular formula is C7H8NO2-. The number of nitrogens with zero attached hydrogens (tertiary/aromatic N) is 1. The summed E-state index contributed by atoms with van der Waals surface area (Å²) in [6.07, 6.45) is 1.58. The van der Waals surface area contributed by atoms with E-state index in [1.807, 2.05) is 0 Å². The smallest absolute Gasteiger partial charge is 0.174 e. The van der Waals surface area contributed by atoms with Gasteiger partial charge in [-0.3, -0.25) is 4.79 Å². The van der Waals surface area contributed by atoms with Crippen LogP contribution in [0.1, 0.15) is 5.69 Å². The molecule has 0 N–H and O–H groups in total. The van der Waals surface area contributed by atoms with Crippen LogP contribution in [-0.4, -0.2) is 4.57 Å². The van der Waals surface area contributed by atoms with Crippen LogP contribution in [0, 0.1) is 6.92 Å². The number of aromatic nitrogens is 1. The van der Waals surface area contributed by atoms with Gasteiger partial charge in [0.1, 0.15) is 0 Å². The van der Waals surface area contributed by atoms with Gasteiger partial charge in [-0.15, -0.1) is 0 Å². The molecule has 0 aliphatic heterocycles. The molecule has 0 aliphatic carbocycles. The minimum atomic E-state index is -0.435. The predicted octanol–water partition coefficient (Wildman–Crippen LogP) is -0.233. The van der Waals surface area contributed by atoms with Crippen LogP contribution in [0.15, 0.2) is 17.1 Å². The Bertz CT molecular complexity index is 301. The number of rotatable bonds is 0. The van der Waals surface area contributed by atoms with Gasteiger partial charge < -0.3 is 9.67 Å². The highest BCUT2D eigenvalue weighted by Crippen LogP contribution is 2.02. The SMILES string of the molecule is Cc1c([O-])c(=O)ccn1C. The van der Waals surface area contributed by atoms with E-state index in [0.29, 0.717) is 5.69 Å². The van der Waals surface area contributed by atoms with E-state index in [1.165, 1.54) is 6.07 Å². The van der Waals surface area contributed by atoms with Crippen LogP contribution in [0.3, 0.4) is 0 Å². The van der Waals surface area contributed by atoms with E-state index in [4.69, 9.17) is 0 Å². The normalized spacial score (nSPS) is 9.80. The molecule has 1 aromatic heterocycles. The van der Waals surface area contributed by atoms with Crippen molar-refractivity contribution in [3.05, 3.63) is 28.2 Å². The molecule has 1 aromatic rings. The molecule has 3 heteroatoms. The summed E-state index contributed by atoms with van der Waals surface area (Å²) in [5, 5.41) is 10.9. The molecule has 0 aromatic carbocycles. The van der Waals surface area contributed by atoms with Gasteiger partial charge in [-0.1, -0.05) is 0 Å². The lowest BCUT2D eigenvalue weighted by atomic mass is 10.3. The zero-order valence-electron chi connectivity index (χ0n) is 5.92. The summed E-state index contributed by atoms with van der Waals surface area (Å²) in [6, 6.07) is 1.27. The Hall–Kier alpha value is -1.25. The van der Waals surface area contributed by atoms with Crippen molar-refractivity contribution in [2.24, 2.45) is 7.05 Å². The monoisotopic (exact) mass is 138 g/mol. The van der Waals surface area contributed by atoms with Gasteiger partial charge in [0.15, 0.2) is 5.43 Å². The van der Waals surface area contributed by atoms with Gasteiger partial charge >= 0.3 is 0 Å². The summed E-state index contributed by atoms with van der Waals surface area (Å²) < 4.78 is 1.63. The molecule has 3 nitrogen and oxygen atoms in total. The standard InChI is InChI=1S/C7H9NO2/c1-5-7(10)6(9)3-4-8(5)2/h3-4,10H,1-2H3/p-1. The molecule has 0 aliphatic rings. The number of hydrogen-bond acceptors (Lipinski definition) is 2. The van der Waals surface area contributed by atoms with Crippen LogP contribution in [0.25, 0.3) is 0 Å². The van der Waals surface area contributed by atoms with Crippen molar-refractivity contribution >= 4 is 0 Å². The molecule has 10 heavy (non-hydrogen) atoms. The molecular weight excluding hydrogens is 130 g/mol. The zero-order valence-corrected chi connectivity index (χ0v) is 5.92. The largest absolute Gasteiger partial charge is 0.869 e. The van der Waals surface area contributed by atoms with Crippen LogP contribution in [0.4, 0.5) is 0 Å². The van der Waals surface area contributed by atoms with E-state index in [-0.39, 0.29) is 0 Å². The second-order valence-electron chi connectivity index (χ2n) is 2.21. The summed E-state index contributed by atoms with van der Waals surface area (Å²) >= 11 is 0. The van der Waals surface area contributed by atoms with Gasteiger partial charge in [0.25, 0.3) is 0 Å². The van der Waals surface area contributed by atoms with Crippen LogP contribution in [0.2, 0.25) is 0 Å². The predicted molar refractivity (Wildman–Crippen MR) is 35.9 cm³/mol. The van der Waals surface area contributed by atoms with Gasteiger partial charge in [0, 0.05) is 25.0 Å². The van der Waals surface area contributed by atoms with Crippen molar-refractivity contribution in [1.29, 1.82) is 0 Å². The van der Waals surface area contributed by atoms with Crippen molar-refractivity contribution in [3.63, 3.8) is 0 Å². The molecule has 54 valence electrons. The lowest BCUT2D eigenvalue weighted by molar-refractivity contribution is -0.271. The number of hydrogen-bond donors (Lipinski definition) is 0. The first kappa shape index (κ1) is 6.86. The fraction of sp³-hybridized carbons (Fsp3) is 0.286. The molecule has 0 bridgehead atoms.